The van der Waals surface area contributed by atoms with Crippen LogP contribution in [0.1, 0.15) is 51.7 Å². The molecule has 0 radical (unpaired) electrons. The first kappa shape index (κ1) is 48.4. The van der Waals surface area contributed by atoms with Crippen LogP contribution < -0.4 is 98.8 Å². The number of hydrogen-bond donors (Lipinski definition) is 0. The first-order chi connectivity index (χ1) is 21.7. The van der Waals surface area contributed by atoms with Gasteiger partial charge in [0.05, 0.1) is 42.6 Å². The van der Waals surface area contributed by atoms with Crippen molar-refractivity contribution < 1.29 is 147 Å². The molecule has 0 saturated heterocycles. The van der Waals surface area contributed by atoms with Crippen LogP contribution in [0.3, 0.4) is 0 Å². The Labute approximate surface area is 364 Å². The van der Waals surface area contributed by atoms with E-state index in [2.05, 4.69) is 9.37 Å². The molecule has 0 saturated carbocycles. The van der Waals surface area contributed by atoms with Crippen LogP contribution in [0.4, 0.5) is 11.4 Å². The fourth-order valence-electron chi connectivity index (χ4n) is 6.08. The van der Waals surface area contributed by atoms with Gasteiger partial charge in [-0.2, -0.15) is 8.91 Å². The molecule has 0 fully saturated rings. The van der Waals surface area contributed by atoms with Crippen LogP contribution in [-0.4, -0.2) is 73.8 Å². The molecule has 0 aromatic heterocycles. The number of rotatable bonds is 14. The van der Waals surface area contributed by atoms with Crippen molar-refractivity contribution in [2.45, 2.75) is 61.2 Å². The maximum absolute atomic E-state index is 11.8. The Balaban J connectivity index is 0.00000417. The second-order valence-electron chi connectivity index (χ2n) is 12.1. The SMILES string of the molecule is CC1(C)C(C=C/C=C2/N(CCCS(=O)(=O)[O-])c3ccc(S(=O)(=O)[O-])cc3C2(C)C)=[N+](CCCS(=O)(=O)[O-])c2ccc(SOO[O-])cc21.[Na+].[Na+].[Na+]. The predicted molar refractivity (Wildman–Crippen MR) is 168 cm³/mol. The van der Waals surface area contributed by atoms with Gasteiger partial charge in [0.2, 0.25) is 5.69 Å². The summed E-state index contributed by atoms with van der Waals surface area (Å²) in [5, 5.41) is 13.8. The number of hydrogen-bond acceptors (Lipinski definition) is 14. The van der Waals surface area contributed by atoms with Crippen LogP contribution in [0.2, 0.25) is 0 Å². The monoisotopic (exact) mass is 798 g/mol. The molecule has 21 heteroatoms. The topological polar surface area (TPSA) is 219 Å². The molecule has 0 amide bonds. The summed E-state index contributed by atoms with van der Waals surface area (Å²) in [6, 6.07) is 9.24. The predicted octanol–water partition coefficient (Wildman–Crippen LogP) is -6.68. The Hall–Kier alpha value is 0.350. The van der Waals surface area contributed by atoms with Gasteiger partial charge in [-0.1, -0.05) is 19.9 Å². The average Bonchev–Trinajstić information content (AvgIpc) is 3.28. The number of nitrogens with zero attached hydrogens (tertiary/aromatic N) is 2. The molecule has 50 heavy (non-hydrogen) atoms. The molecule has 2 aromatic rings. The van der Waals surface area contributed by atoms with E-state index in [1.54, 1.807) is 35.3 Å². The van der Waals surface area contributed by atoms with Crippen molar-refractivity contribution in [2.75, 3.05) is 29.5 Å². The van der Waals surface area contributed by atoms with E-state index in [4.69, 9.17) is 0 Å². The summed E-state index contributed by atoms with van der Waals surface area (Å²) in [6.07, 6.45) is 5.37. The Kier molecular flexibility index (Phi) is 18.2. The summed E-state index contributed by atoms with van der Waals surface area (Å²) in [4.78, 5) is 1.94. The van der Waals surface area contributed by atoms with Crippen molar-refractivity contribution in [3.63, 3.8) is 0 Å². The van der Waals surface area contributed by atoms with E-state index in [9.17, 15) is 44.2 Å². The van der Waals surface area contributed by atoms with Crippen molar-refractivity contribution in [1.29, 1.82) is 0 Å². The van der Waals surface area contributed by atoms with Gasteiger partial charge in [-0.15, -0.1) is 0 Å². The quantitative estimate of drug-likeness (QED) is 0.0434. The minimum Gasteiger partial charge on any atom is -0.748 e. The van der Waals surface area contributed by atoms with E-state index in [1.807, 2.05) is 38.3 Å². The van der Waals surface area contributed by atoms with E-state index in [0.29, 0.717) is 21.8 Å². The first-order valence-corrected chi connectivity index (χ1v) is 19.5. The van der Waals surface area contributed by atoms with Crippen LogP contribution in [-0.2, 0) is 50.6 Å². The van der Waals surface area contributed by atoms with Crippen LogP contribution >= 0.6 is 12.0 Å². The Morgan fingerprint density at radius 1 is 0.840 bits per heavy atom. The molecule has 0 atom stereocenters. The van der Waals surface area contributed by atoms with Crippen molar-refractivity contribution in [2.24, 2.45) is 0 Å². The van der Waals surface area contributed by atoms with E-state index in [0.717, 1.165) is 29.0 Å². The van der Waals surface area contributed by atoms with Crippen molar-refractivity contribution in [3.8, 4) is 0 Å². The van der Waals surface area contributed by atoms with Crippen LogP contribution in [0.25, 0.3) is 0 Å². The van der Waals surface area contributed by atoms with Gasteiger partial charge in [0.15, 0.2) is 5.71 Å². The Morgan fingerprint density at radius 3 is 2.04 bits per heavy atom. The minimum absolute atomic E-state index is 0. The zero-order chi connectivity index (χ0) is 35.0. The fraction of sp³-hybridized carbons (Fsp3) is 0.414. The van der Waals surface area contributed by atoms with Gasteiger partial charge in [-0.3, -0.25) is 5.04 Å². The molecule has 0 unspecified atom stereocenters. The largest absolute Gasteiger partial charge is 1.00 e. The maximum atomic E-state index is 11.8. The second-order valence-corrected chi connectivity index (χ2v) is 17.3. The summed E-state index contributed by atoms with van der Waals surface area (Å²) < 4.78 is 110. The smallest absolute Gasteiger partial charge is 0.748 e. The molecular formula is C29H33N2Na3O12S4. The summed E-state index contributed by atoms with van der Waals surface area (Å²) >= 11 is 0.719. The molecular weight excluding hydrogens is 766 g/mol. The minimum atomic E-state index is -4.77. The van der Waals surface area contributed by atoms with Crippen LogP contribution in [0.5, 0.6) is 0 Å². The second kappa shape index (κ2) is 18.8. The summed E-state index contributed by atoms with van der Waals surface area (Å²) in [5.74, 6) is -1.18. The number of allylic oxidation sites excluding steroid dienone is 4. The molecule has 2 heterocycles. The van der Waals surface area contributed by atoms with E-state index in [1.165, 1.54) is 18.2 Å². The fourth-order valence-corrected chi connectivity index (χ4v) is 7.94. The molecule has 258 valence electrons. The summed E-state index contributed by atoms with van der Waals surface area (Å²) in [7, 11) is -13.7. The van der Waals surface area contributed by atoms with Crippen molar-refractivity contribution in [3.05, 3.63) is 71.5 Å². The van der Waals surface area contributed by atoms with E-state index < -0.39 is 57.6 Å². The molecule has 2 aliphatic rings. The average molecular weight is 799 g/mol. The summed E-state index contributed by atoms with van der Waals surface area (Å²) in [5.41, 5.74) is 2.52. The van der Waals surface area contributed by atoms with Gasteiger partial charge in [-0.05, 0) is 62.2 Å². The van der Waals surface area contributed by atoms with Gasteiger partial charge in [0.1, 0.15) is 16.7 Å². The zero-order valence-corrected chi connectivity index (χ0v) is 38.1. The third-order valence-electron chi connectivity index (χ3n) is 8.23. The van der Waals surface area contributed by atoms with Crippen LogP contribution in [0, 0.1) is 0 Å². The number of anilines is 1. The van der Waals surface area contributed by atoms with Gasteiger partial charge in [0, 0.05) is 63.9 Å². The third kappa shape index (κ3) is 11.7. The van der Waals surface area contributed by atoms with Gasteiger partial charge < -0.3 is 23.8 Å². The molecule has 0 spiro atoms. The zero-order valence-electron chi connectivity index (χ0n) is 28.9. The van der Waals surface area contributed by atoms with Crippen LogP contribution in [0.15, 0.2) is 70.1 Å². The molecule has 4 rings (SSSR count). The van der Waals surface area contributed by atoms with Gasteiger partial charge in [0.25, 0.3) is 0 Å². The Bertz CT molecular complexity index is 1980. The number of fused-ring (bicyclic) bond motifs is 2. The maximum Gasteiger partial charge on any atom is 1.00 e. The van der Waals surface area contributed by atoms with Crippen molar-refractivity contribution in [1.82, 2.24) is 0 Å². The molecule has 2 aliphatic heterocycles. The standard InChI is InChI=1S/C29H36N2O12S4.3Na/c1-28(2)22-18-20(44-43-42-32)10-12-24(22)30(14-6-16-45(33,34)35)26(28)8-5-9-27-29(3,4)23-19-21(47(39,40)41)11-13-25(23)31(27)15-7-17-46(36,37)38;;;/h5,8-13,18-19H,6-7,14-17H2,1-4H3,(H3-,32,33,34,35,36,37,38,39,40,41);;;/q;3*+1/p-3. The molecule has 0 bridgehead atoms. The van der Waals surface area contributed by atoms with Gasteiger partial charge in [-0.25, -0.2) is 25.3 Å². The normalized spacial score (nSPS) is 17.3. The summed E-state index contributed by atoms with van der Waals surface area (Å²) in [6.45, 7) is 7.83. The van der Waals surface area contributed by atoms with E-state index >= 15 is 0 Å². The molecule has 14 nitrogen and oxygen atoms in total. The molecule has 0 N–H and O–H groups in total. The van der Waals surface area contributed by atoms with E-state index in [-0.39, 0.29) is 115 Å². The van der Waals surface area contributed by atoms with Crippen molar-refractivity contribution >= 4 is 59.5 Å². The number of benzene rings is 2. The molecule has 0 aliphatic carbocycles. The van der Waals surface area contributed by atoms with Gasteiger partial charge >= 0.3 is 88.7 Å². The first-order valence-electron chi connectivity index (χ1n) is 14.2. The molecule has 2 aromatic carbocycles. The third-order valence-corrected chi connectivity index (χ3v) is 11.2. The Morgan fingerprint density at radius 2 is 1.46 bits per heavy atom.